The third kappa shape index (κ3) is 4.15. The topological polar surface area (TPSA) is 100 Å². The quantitative estimate of drug-likeness (QED) is 0.463. The largest absolute Gasteiger partial charge is 0.345 e. The van der Waals surface area contributed by atoms with Crippen LogP contribution in [0.4, 0.5) is 0 Å². The summed E-state index contributed by atoms with van der Waals surface area (Å²) in [6.07, 6.45) is 1.74. The van der Waals surface area contributed by atoms with E-state index < -0.39 is 17.7 Å². The average Bonchev–Trinajstić information content (AvgIpc) is 3.54. The van der Waals surface area contributed by atoms with Crippen molar-refractivity contribution in [3.63, 3.8) is 0 Å². The number of nitrogens with one attached hydrogen (secondary N) is 3. The normalized spacial score (nSPS) is 13.0. The highest BCUT2D eigenvalue weighted by Crippen LogP contribution is 2.27. The lowest BCUT2D eigenvalue weighted by Gasteiger charge is -2.12. The fourth-order valence-electron chi connectivity index (χ4n) is 3.32. The van der Waals surface area contributed by atoms with Gasteiger partial charge in [0, 0.05) is 17.0 Å². The molecule has 1 aromatic heterocycles. The third-order valence-corrected chi connectivity index (χ3v) is 5.03. The maximum absolute atomic E-state index is 12.9. The molecule has 0 spiro atoms. The minimum Gasteiger partial charge on any atom is -0.345 e. The van der Waals surface area contributed by atoms with Crippen LogP contribution in [-0.2, 0) is 9.59 Å². The molecule has 0 radical (unpaired) electrons. The van der Waals surface area contributed by atoms with Gasteiger partial charge in [-0.2, -0.15) is 0 Å². The zero-order chi connectivity index (χ0) is 21.3. The van der Waals surface area contributed by atoms with Crippen LogP contribution in [0.1, 0.15) is 34.3 Å². The number of hydrazine groups is 1. The minimum absolute atomic E-state index is 0.0587. The Morgan fingerprint density at radius 3 is 2.43 bits per heavy atom. The molecule has 0 aliphatic heterocycles. The SMILES string of the molecule is Cc1ccc(-c2cc(C(=O)NNC(=O)C(=O)NC3CC3)c3ccccc3n2)c(C)c1. The van der Waals surface area contributed by atoms with Gasteiger partial charge in [-0.3, -0.25) is 25.2 Å². The van der Waals surface area contributed by atoms with E-state index in [9.17, 15) is 14.4 Å². The van der Waals surface area contributed by atoms with Crippen molar-refractivity contribution in [1.29, 1.82) is 0 Å². The van der Waals surface area contributed by atoms with Crippen molar-refractivity contribution in [3.05, 3.63) is 65.2 Å². The van der Waals surface area contributed by atoms with Crippen molar-refractivity contribution in [1.82, 2.24) is 21.2 Å². The molecule has 1 aliphatic rings. The summed E-state index contributed by atoms with van der Waals surface area (Å²) < 4.78 is 0. The molecule has 0 bridgehead atoms. The molecule has 152 valence electrons. The Hall–Kier alpha value is -3.74. The Labute approximate surface area is 173 Å². The van der Waals surface area contributed by atoms with Crippen LogP contribution in [0.3, 0.4) is 0 Å². The minimum atomic E-state index is -0.900. The first-order chi connectivity index (χ1) is 14.4. The molecule has 1 aliphatic carbocycles. The lowest BCUT2D eigenvalue weighted by molar-refractivity contribution is -0.139. The van der Waals surface area contributed by atoms with Gasteiger partial charge in [0.15, 0.2) is 0 Å². The number of aryl methyl sites for hydroxylation is 2. The Balaban J connectivity index is 1.62. The first-order valence-corrected chi connectivity index (χ1v) is 9.81. The lowest BCUT2D eigenvalue weighted by atomic mass is 9.99. The van der Waals surface area contributed by atoms with Crippen molar-refractivity contribution >= 4 is 28.6 Å². The molecule has 7 heteroatoms. The van der Waals surface area contributed by atoms with Crippen LogP contribution in [0.5, 0.6) is 0 Å². The molecule has 7 nitrogen and oxygen atoms in total. The lowest BCUT2D eigenvalue weighted by Crippen LogP contribution is -2.49. The zero-order valence-corrected chi connectivity index (χ0v) is 16.8. The molecule has 0 saturated heterocycles. The van der Waals surface area contributed by atoms with Crippen LogP contribution in [0.25, 0.3) is 22.2 Å². The molecule has 3 aromatic rings. The number of nitrogens with zero attached hydrogens (tertiary/aromatic N) is 1. The van der Waals surface area contributed by atoms with E-state index in [0.29, 0.717) is 22.2 Å². The maximum atomic E-state index is 12.9. The summed E-state index contributed by atoms with van der Waals surface area (Å²) in [7, 11) is 0. The van der Waals surface area contributed by atoms with E-state index in [0.717, 1.165) is 29.5 Å². The molecule has 3 N–H and O–H groups in total. The van der Waals surface area contributed by atoms with E-state index in [1.165, 1.54) is 0 Å². The van der Waals surface area contributed by atoms with Crippen LogP contribution in [0.15, 0.2) is 48.5 Å². The van der Waals surface area contributed by atoms with Gasteiger partial charge in [0.1, 0.15) is 0 Å². The van der Waals surface area contributed by atoms with Crippen molar-refractivity contribution in [2.24, 2.45) is 0 Å². The number of pyridine rings is 1. The van der Waals surface area contributed by atoms with Crippen LogP contribution in [0, 0.1) is 13.8 Å². The summed E-state index contributed by atoms with van der Waals surface area (Å²) in [5.74, 6) is -2.18. The van der Waals surface area contributed by atoms with Gasteiger partial charge in [0.2, 0.25) is 0 Å². The number of benzene rings is 2. The summed E-state index contributed by atoms with van der Waals surface area (Å²) in [5, 5.41) is 3.23. The van der Waals surface area contributed by atoms with E-state index >= 15 is 0 Å². The van der Waals surface area contributed by atoms with Gasteiger partial charge in [-0.05, 0) is 44.4 Å². The highest BCUT2D eigenvalue weighted by molar-refractivity contribution is 6.35. The number of para-hydroxylation sites is 1. The molecule has 3 amide bonds. The summed E-state index contributed by atoms with van der Waals surface area (Å²) in [5.41, 5.74) is 9.33. The maximum Gasteiger partial charge on any atom is 0.327 e. The molecule has 1 heterocycles. The molecule has 1 fully saturated rings. The number of hydrogen-bond donors (Lipinski definition) is 3. The standard InChI is InChI=1S/C23H22N4O3/c1-13-7-10-16(14(2)11-13)20-12-18(17-5-3-4-6-19(17)25-20)21(28)26-27-23(30)22(29)24-15-8-9-15/h3-7,10-12,15H,8-9H2,1-2H3,(H,24,29)(H,26,28)(H,27,30). The molecule has 1 saturated carbocycles. The predicted molar refractivity (Wildman–Crippen MR) is 113 cm³/mol. The highest BCUT2D eigenvalue weighted by Gasteiger charge is 2.26. The van der Waals surface area contributed by atoms with Crippen molar-refractivity contribution in [2.45, 2.75) is 32.7 Å². The molecule has 0 atom stereocenters. The highest BCUT2D eigenvalue weighted by atomic mass is 16.2. The molecule has 4 rings (SSSR count). The molecule has 30 heavy (non-hydrogen) atoms. The predicted octanol–water partition coefficient (Wildman–Crippen LogP) is 2.56. The number of carbonyl (C=O) groups is 3. The Morgan fingerprint density at radius 2 is 1.70 bits per heavy atom. The number of aromatic nitrogens is 1. The summed E-state index contributed by atoms with van der Waals surface area (Å²) in [4.78, 5) is 41.3. The Bertz CT molecular complexity index is 1170. The number of amides is 3. The monoisotopic (exact) mass is 402 g/mol. The zero-order valence-electron chi connectivity index (χ0n) is 16.8. The van der Waals surface area contributed by atoms with E-state index in [2.05, 4.69) is 22.2 Å². The second kappa shape index (κ2) is 7.94. The molecule has 0 unspecified atom stereocenters. The summed E-state index contributed by atoms with van der Waals surface area (Å²) in [6.45, 7) is 4.02. The van der Waals surface area contributed by atoms with Gasteiger partial charge in [0.25, 0.3) is 5.91 Å². The average molecular weight is 402 g/mol. The summed E-state index contributed by atoms with van der Waals surface area (Å²) >= 11 is 0. The van der Waals surface area contributed by atoms with Crippen LogP contribution < -0.4 is 16.2 Å². The third-order valence-electron chi connectivity index (χ3n) is 5.03. The molecule has 2 aromatic carbocycles. The second-order valence-corrected chi connectivity index (χ2v) is 7.55. The van der Waals surface area contributed by atoms with Gasteiger partial charge in [0.05, 0.1) is 16.8 Å². The number of carbonyl (C=O) groups excluding carboxylic acids is 3. The van der Waals surface area contributed by atoms with Gasteiger partial charge in [-0.15, -0.1) is 0 Å². The molecular formula is C23H22N4O3. The van der Waals surface area contributed by atoms with Gasteiger partial charge < -0.3 is 5.32 Å². The summed E-state index contributed by atoms with van der Waals surface area (Å²) in [6, 6.07) is 15.1. The Kier molecular flexibility index (Phi) is 5.18. The fraction of sp³-hybridized carbons (Fsp3) is 0.217. The first kappa shape index (κ1) is 19.6. The Morgan fingerprint density at radius 1 is 0.933 bits per heavy atom. The van der Waals surface area contributed by atoms with E-state index in [1.54, 1.807) is 12.1 Å². The first-order valence-electron chi connectivity index (χ1n) is 9.81. The smallest absolute Gasteiger partial charge is 0.327 e. The van der Waals surface area contributed by atoms with Crippen molar-refractivity contribution in [2.75, 3.05) is 0 Å². The van der Waals surface area contributed by atoms with Gasteiger partial charge in [-0.25, -0.2) is 4.98 Å². The van der Waals surface area contributed by atoms with Crippen LogP contribution >= 0.6 is 0 Å². The van der Waals surface area contributed by atoms with Crippen LogP contribution in [-0.4, -0.2) is 28.7 Å². The molecular weight excluding hydrogens is 380 g/mol. The second-order valence-electron chi connectivity index (χ2n) is 7.55. The van der Waals surface area contributed by atoms with Gasteiger partial charge in [-0.1, -0.05) is 42.0 Å². The number of rotatable bonds is 3. The van der Waals surface area contributed by atoms with E-state index in [-0.39, 0.29) is 6.04 Å². The van der Waals surface area contributed by atoms with Crippen molar-refractivity contribution in [3.8, 4) is 11.3 Å². The number of hydrogen-bond acceptors (Lipinski definition) is 4. The van der Waals surface area contributed by atoms with Gasteiger partial charge >= 0.3 is 11.8 Å². The van der Waals surface area contributed by atoms with E-state index in [4.69, 9.17) is 4.98 Å². The fourth-order valence-corrected chi connectivity index (χ4v) is 3.32. The van der Waals surface area contributed by atoms with Crippen molar-refractivity contribution < 1.29 is 14.4 Å². The number of fused-ring (bicyclic) bond motifs is 1. The van der Waals surface area contributed by atoms with Crippen LogP contribution in [0.2, 0.25) is 0 Å². The van der Waals surface area contributed by atoms with E-state index in [1.807, 2.05) is 44.2 Å².